The summed E-state index contributed by atoms with van der Waals surface area (Å²) >= 11 is 0. The number of nitrogens with two attached hydrogens (primary N) is 1. The normalized spacial score (nSPS) is 21.2. The lowest BCUT2D eigenvalue weighted by molar-refractivity contribution is -0.125. The monoisotopic (exact) mass is 291 g/mol. The van der Waals surface area contributed by atoms with Crippen molar-refractivity contribution in [2.24, 2.45) is 11.7 Å². The summed E-state index contributed by atoms with van der Waals surface area (Å²) in [5.41, 5.74) is 7.06. The maximum absolute atomic E-state index is 12.0. The van der Waals surface area contributed by atoms with E-state index in [9.17, 15) is 4.79 Å². The van der Waals surface area contributed by atoms with E-state index in [-0.39, 0.29) is 17.9 Å². The highest BCUT2D eigenvalue weighted by Crippen LogP contribution is 2.13. The van der Waals surface area contributed by atoms with Gasteiger partial charge in [-0.05, 0) is 25.5 Å². The molecule has 0 radical (unpaired) electrons. The van der Waals surface area contributed by atoms with Crippen LogP contribution in [0, 0.1) is 5.92 Å². The van der Waals surface area contributed by atoms with Gasteiger partial charge >= 0.3 is 0 Å². The minimum Gasteiger partial charge on any atom is -0.379 e. The Kier molecular flexibility index (Phi) is 6.02. The van der Waals surface area contributed by atoms with Crippen molar-refractivity contribution in [3.05, 3.63) is 30.3 Å². The topological polar surface area (TPSA) is 67.6 Å². The second-order valence-corrected chi connectivity index (χ2v) is 5.37. The molecule has 0 aliphatic carbocycles. The number of rotatable bonds is 7. The molecule has 1 fully saturated rings. The third kappa shape index (κ3) is 4.44. The van der Waals surface area contributed by atoms with Crippen LogP contribution in [0.15, 0.2) is 30.3 Å². The minimum absolute atomic E-state index is 0.0164. The van der Waals surface area contributed by atoms with Crippen molar-refractivity contribution < 1.29 is 9.53 Å². The Balaban J connectivity index is 1.70. The van der Waals surface area contributed by atoms with Gasteiger partial charge in [0.1, 0.15) is 0 Å². The molecule has 1 aromatic carbocycles. The van der Waals surface area contributed by atoms with Crippen LogP contribution < -0.4 is 16.0 Å². The molecule has 1 heterocycles. The van der Waals surface area contributed by atoms with Crippen LogP contribution in [0.4, 0.5) is 5.69 Å². The largest absolute Gasteiger partial charge is 0.379 e. The Bertz CT molecular complexity index is 438. The first-order chi connectivity index (χ1) is 10.2. The van der Waals surface area contributed by atoms with Crippen molar-refractivity contribution >= 4 is 11.6 Å². The SMILES string of the molecule is CCN(CCCNC(=O)C1COCC1N)c1ccccc1. The Morgan fingerprint density at radius 1 is 1.38 bits per heavy atom. The van der Waals surface area contributed by atoms with Gasteiger partial charge in [0, 0.05) is 31.4 Å². The first-order valence-electron chi connectivity index (χ1n) is 7.63. The van der Waals surface area contributed by atoms with Crippen LogP contribution in [-0.4, -0.2) is 44.8 Å². The summed E-state index contributed by atoms with van der Waals surface area (Å²) in [5, 5.41) is 2.96. The lowest BCUT2D eigenvalue weighted by Gasteiger charge is -2.23. The van der Waals surface area contributed by atoms with E-state index in [1.165, 1.54) is 5.69 Å². The molecule has 21 heavy (non-hydrogen) atoms. The lowest BCUT2D eigenvalue weighted by atomic mass is 10.0. The number of amides is 1. The Hall–Kier alpha value is -1.59. The molecule has 0 bridgehead atoms. The smallest absolute Gasteiger partial charge is 0.227 e. The van der Waals surface area contributed by atoms with Gasteiger partial charge in [0.05, 0.1) is 19.1 Å². The third-order valence-electron chi connectivity index (χ3n) is 3.87. The number of para-hydroxylation sites is 1. The molecule has 5 nitrogen and oxygen atoms in total. The fourth-order valence-electron chi connectivity index (χ4n) is 2.56. The van der Waals surface area contributed by atoms with Crippen molar-refractivity contribution in [2.45, 2.75) is 19.4 Å². The number of nitrogens with one attached hydrogen (secondary N) is 1. The number of hydrogen-bond donors (Lipinski definition) is 2. The predicted octanol–water partition coefficient (Wildman–Crippen LogP) is 0.993. The number of carbonyl (C=O) groups is 1. The molecule has 1 aliphatic rings. The van der Waals surface area contributed by atoms with Gasteiger partial charge in [0.25, 0.3) is 0 Å². The van der Waals surface area contributed by atoms with Gasteiger partial charge in [-0.15, -0.1) is 0 Å². The fraction of sp³-hybridized carbons (Fsp3) is 0.562. The van der Waals surface area contributed by atoms with Crippen molar-refractivity contribution in [3.8, 4) is 0 Å². The summed E-state index contributed by atoms with van der Waals surface area (Å²) in [6.07, 6.45) is 0.914. The maximum atomic E-state index is 12.0. The average Bonchev–Trinajstić information content (AvgIpc) is 2.94. The number of nitrogens with zero attached hydrogens (tertiary/aromatic N) is 1. The van der Waals surface area contributed by atoms with Crippen LogP contribution in [0.5, 0.6) is 0 Å². The quantitative estimate of drug-likeness (QED) is 0.735. The molecule has 116 valence electrons. The van der Waals surface area contributed by atoms with Crippen molar-refractivity contribution in [1.29, 1.82) is 0 Å². The number of ether oxygens (including phenoxy) is 1. The van der Waals surface area contributed by atoms with Crippen molar-refractivity contribution in [3.63, 3.8) is 0 Å². The van der Waals surface area contributed by atoms with Gasteiger partial charge in [0.15, 0.2) is 0 Å². The molecular formula is C16H25N3O2. The predicted molar refractivity (Wildman–Crippen MR) is 84.2 cm³/mol. The summed E-state index contributed by atoms with van der Waals surface area (Å²) in [7, 11) is 0. The maximum Gasteiger partial charge on any atom is 0.227 e. The minimum atomic E-state index is -0.193. The molecular weight excluding hydrogens is 266 g/mol. The molecule has 3 N–H and O–H groups in total. The van der Waals surface area contributed by atoms with Gasteiger partial charge in [-0.3, -0.25) is 4.79 Å². The standard InChI is InChI=1S/C16H25N3O2/c1-2-19(13-7-4-3-5-8-13)10-6-9-18-16(20)14-11-21-12-15(14)17/h3-5,7-8,14-15H,2,6,9-12,17H2,1H3,(H,18,20). The second-order valence-electron chi connectivity index (χ2n) is 5.37. The first kappa shape index (κ1) is 15.8. The molecule has 1 amide bonds. The van der Waals surface area contributed by atoms with Crippen molar-refractivity contribution in [1.82, 2.24) is 5.32 Å². The van der Waals surface area contributed by atoms with Crippen LogP contribution >= 0.6 is 0 Å². The summed E-state index contributed by atoms with van der Waals surface area (Å²) < 4.78 is 5.22. The molecule has 2 unspecified atom stereocenters. The van der Waals surface area contributed by atoms with E-state index in [0.717, 1.165) is 19.5 Å². The lowest BCUT2D eigenvalue weighted by Crippen LogP contribution is -2.41. The molecule has 2 rings (SSSR count). The summed E-state index contributed by atoms with van der Waals surface area (Å²) in [4.78, 5) is 14.3. The molecule has 5 heteroatoms. The third-order valence-corrected chi connectivity index (χ3v) is 3.87. The number of hydrogen-bond acceptors (Lipinski definition) is 4. The average molecular weight is 291 g/mol. The Morgan fingerprint density at radius 3 is 2.76 bits per heavy atom. The van der Waals surface area contributed by atoms with Crippen LogP contribution in [0.1, 0.15) is 13.3 Å². The fourth-order valence-corrected chi connectivity index (χ4v) is 2.56. The number of anilines is 1. The highest BCUT2D eigenvalue weighted by Gasteiger charge is 2.30. The van der Waals surface area contributed by atoms with E-state index in [1.54, 1.807) is 0 Å². The molecule has 0 saturated carbocycles. The Labute approximate surface area is 126 Å². The summed E-state index contributed by atoms with van der Waals surface area (Å²) in [5.74, 6) is -0.177. The first-order valence-corrected chi connectivity index (χ1v) is 7.63. The highest BCUT2D eigenvalue weighted by molar-refractivity contribution is 5.79. The number of carbonyl (C=O) groups excluding carboxylic acids is 1. The molecule has 1 aliphatic heterocycles. The molecule has 0 aromatic heterocycles. The number of benzene rings is 1. The highest BCUT2D eigenvalue weighted by atomic mass is 16.5. The van der Waals surface area contributed by atoms with Gasteiger partial charge in [0.2, 0.25) is 5.91 Å². The van der Waals surface area contributed by atoms with E-state index in [0.29, 0.717) is 19.8 Å². The van der Waals surface area contributed by atoms with Gasteiger partial charge in [-0.25, -0.2) is 0 Å². The molecule has 0 spiro atoms. The summed E-state index contributed by atoms with van der Waals surface area (Å²) in [6, 6.07) is 10.2. The van der Waals surface area contributed by atoms with E-state index in [4.69, 9.17) is 10.5 Å². The van der Waals surface area contributed by atoms with E-state index in [1.807, 2.05) is 18.2 Å². The van der Waals surface area contributed by atoms with Crippen LogP contribution in [0.3, 0.4) is 0 Å². The van der Waals surface area contributed by atoms with Gasteiger partial charge < -0.3 is 20.7 Å². The Morgan fingerprint density at radius 2 is 2.14 bits per heavy atom. The zero-order valence-electron chi connectivity index (χ0n) is 12.6. The van der Waals surface area contributed by atoms with Crippen LogP contribution in [-0.2, 0) is 9.53 Å². The van der Waals surface area contributed by atoms with Gasteiger partial charge in [-0.2, -0.15) is 0 Å². The van der Waals surface area contributed by atoms with E-state index >= 15 is 0 Å². The molecule has 1 aromatic rings. The molecule has 2 atom stereocenters. The zero-order chi connectivity index (χ0) is 15.1. The second kappa shape index (κ2) is 8.00. The van der Waals surface area contributed by atoms with Crippen molar-refractivity contribution in [2.75, 3.05) is 37.7 Å². The van der Waals surface area contributed by atoms with E-state index in [2.05, 4.69) is 29.3 Å². The zero-order valence-corrected chi connectivity index (χ0v) is 12.6. The van der Waals surface area contributed by atoms with Gasteiger partial charge in [-0.1, -0.05) is 18.2 Å². The summed E-state index contributed by atoms with van der Waals surface area (Å²) in [6.45, 7) is 5.62. The molecule has 1 saturated heterocycles. The van der Waals surface area contributed by atoms with E-state index < -0.39 is 0 Å². The van der Waals surface area contributed by atoms with Crippen LogP contribution in [0.25, 0.3) is 0 Å². The van der Waals surface area contributed by atoms with Crippen LogP contribution in [0.2, 0.25) is 0 Å².